The monoisotopic (exact) mass is 297 g/mol. The highest BCUT2D eigenvalue weighted by atomic mass is 35.5. The number of rotatable bonds is 4. The first kappa shape index (κ1) is 16.6. The minimum Gasteiger partial charge on any atom is -0.398 e. The fourth-order valence-electron chi connectivity index (χ4n) is 2.49. The van der Waals surface area contributed by atoms with Gasteiger partial charge in [-0.2, -0.15) is 0 Å². The number of carbonyl (C=O) groups excluding carboxylic acids is 1. The Hall–Kier alpha value is -1.42. The first-order valence-electron chi connectivity index (χ1n) is 7.03. The molecule has 1 heterocycles. The molecule has 0 aromatic heterocycles. The molecular formula is C15H24ClN3O. The SMILES string of the molecule is CCC(C)NC(=O)CN1CCCc2c(N)cccc21.Cl. The van der Waals surface area contributed by atoms with Crippen molar-refractivity contribution in [2.45, 2.75) is 39.2 Å². The van der Waals surface area contributed by atoms with Crippen molar-refractivity contribution in [1.29, 1.82) is 0 Å². The molecule has 0 saturated heterocycles. The molecule has 1 unspecified atom stereocenters. The van der Waals surface area contributed by atoms with E-state index in [-0.39, 0.29) is 24.4 Å². The Bertz CT molecular complexity index is 464. The van der Waals surface area contributed by atoms with Gasteiger partial charge in [0.2, 0.25) is 5.91 Å². The summed E-state index contributed by atoms with van der Waals surface area (Å²) in [5, 5.41) is 3.01. The van der Waals surface area contributed by atoms with Crippen LogP contribution in [0.2, 0.25) is 0 Å². The molecule has 4 nitrogen and oxygen atoms in total. The molecule has 5 heteroatoms. The molecule has 0 aliphatic carbocycles. The van der Waals surface area contributed by atoms with Crippen LogP contribution in [0, 0.1) is 0 Å². The third-order valence-corrected chi connectivity index (χ3v) is 3.74. The molecule has 3 N–H and O–H groups in total. The van der Waals surface area contributed by atoms with Gasteiger partial charge in [-0.3, -0.25) is 4.79 Å². The van der Waals surface area contributed by atoms with Crippen LogP contribution in [0.5, 0.6) is 0 Å². The van der Waals surface area contributed by atoms with Crippen molar-refractivity contribution in [1.82, 2.24) is 5.32 Å². The highest BCUT2D eigenvalue weighted by Gasteiger charge is 2.20. The van der Waals surface area contributed by atoms with Gasteiger partial charge in [0.15, 0.2) is 0 Å². The summed E-state index contributed by atoms with van der Waals surface area (Å²) in [4.78, 5) is 14.1. The maximum absolute atomic E-state index is 12.0. The minimum atomic E-state index is 0. The summed E-state index contributed by atoms with van der Waals surface area (Å²) in [6.45, 7) is 5.44. The maximum Gasteiger partial charge on any atom is 0.239 e. The van der Waals surface area contributed by atoms with Crippen molar-refractivity contribution in [2.75, 3.05) is 23.7 Å². The normalized spacial score (nSPS) is 15.0. The molecule has 2 rings (SSSR count). The van der Waals surface area contributed by atoms with Gasteiger partial charge in [0.1, 0.15) is 0 Å². The minimum absolute atomic E-state index is 0. The lowest BCUT2D eigenvalue weighted by molar-refractivity contribution is -0.120. The number of hydrogen-bond acceptors (Lipinski definition) is 3. The number of halogens is 1. The van der Waals surface area contributed by atoms with Crippen molar-refractivity contribution in [3.05, 3.63) is 23.8 Å². The number of nitrogens with zero attached hydrogens (tertiary/aromatic N) is 1. The zero-order chi connectivity index (χ0) is 13.8. The van der Waals surface area contributed by atoms with Crippen molar-refractivity contribution in [3.8, 4) is 0 Å². The number of benzene rings is 1. The fourth-order valence-corrected chi connectivity index (χ4v) is 2.49. The van der Waals surface area contributed by atoms with Gasteiger partial charge in [0.05, 0.1) is 6.54 Å². The summed E-state index contributed by atoms with van der Waals surface area (Å²) < 4.78 is 0. The number of carbonyl (C=O) groups is 1. The first-order chi connectivity index (χ1) is 9.11. The van der Waals surface area contributed by atoms with Crippen LogP contribution in [0.4, 0.5) is 11.4 Å². The number of hydrogen-bond donors (Lipinski definition) is 2. The number of nitrogens with two attached hydrogens (primary N) is 1. The number of fused-ring (bicyclic) bond motifs is 1. The van der Waals surface area contributed by atoms with Gasteiger partial charge in [0, 0.05) is 24.0 Å². The summed E-state index contributed by atoms with van der Waals surface area (Å²) in [6.07, 6.45) is 3.01. The zero-order valence-electron chi connectivity index (χ0n) is 12.2. The number of anilines is 2. The average Bonchev–Trinajstić information content (AvgIpc) is 2.39. The van der Waals surface area contributed by atoms with Crippen LogP contribution in [-0.2, 0) is 11.2 Å². The van der Waals surface area contributed by atoms with Crippen molar-refractivity contribution < 1.29 is 4.79 Å². The molecule has 0 radical (unpaired) electrons. The van der Waals surface area contributed by atoms with E-state index >= 15 is 0 Å². The molecule has 20 heavy (non-hydrogen) atoms. The Balaban J connectivity index is 0.00000200. The lowest BCUT2D eigenvalue weighted by atomic mass is 10.00. The van der Waals surface area contributed by atoms with Gasteiger partial charge in [-0.15, -0.1) is 12.4 Å². The van der Waals surface area contributed by atoms with Gasteiger partial charge in [-0.1, -0.05) is 13.0 Å². The summed E-state index contributed by atoms with van der Waals surface area (Å²) in [5.41, 5.74) is 9.15. The van der Waals surface area contributed by atoms with E-state index in [4.69, 9.17) is 5.73 Å². The van der Waals surface area contributed by atoms with Crippen LogP contribution in [0.25, 0.3) is 0 Å². The number of amides is 1. The average molecular weight is 298 g/mol. The molecule has 1 atom stereocenters. The zero-order valence-corrected chi connectivity index (χ0v) is 13.0. The van der Waals surface area contributed by atoms with E-state index in [1.54, 1.807) is 0 Å². The van der Waals surface area contributed by atoms with Gasteiger partial charge in [-0.05, 0) is 43.9 Å². The highest BCUT2D eigenvalue weighted by molar-refractivity contribution is 5.85. The molecule has 1 amide bonds. The van der Waals surface area contributed by atoms with Gasteiger partial charge < -0.3 is 16.0 Å². The molecule has 1 aromatic carbocycles. The second kappa shape index (κ2) is 7.39. The molecule has 112 valence electrons. The van der Waals surface area contributed by atoms with Gasteiger partial charge >= 0.3 is 0 Å². The largest absolute Gasteiger partial charge is 0.398 e. The van der Waals surface area contributed by atoms with Gasteiger partial charge in [-0.25, -0.2) is 0 Å². The van der Waals surface area contributed by atoms with E-state index < -0.39 is 0 Å². The maximum atomic E-state index is 12.0. The standard InChI is InChI=1S/C15H23N3O.ClH/c1-3-11(2)17-15(19)10-18-9-5-6-12-13(16)7-4-8-14(12)18;/h4,7-8,11H,3,5-6,9-10,16H2,1-2H3,(H,17,19);1H. The second-order valence-electron chi connectivity index (χ2n) is 5.25. The number of nitrogen functional groups attached to an aromatic ring is 1. The fraction of sp³-hybridized carbons (Fsp3) is 0.533. The topological polar surface area (TPSA) is 58.4 Å². The van der Waals surface area contributed by atoms with Gasteiger partial charge in [0.25, 0.3) is 0 Å². The summed E-state index contributed by atoms with van der Waals surface area (Å²) >= 11 is 0. The van der Waals surface area contributed by atoms with Crippen LogP contribution in [0.1, 0.15) is 32.3 Å². The molecule has 0 bridgehead atoms. The van der Waals surface area contributed by atoms with Crippen LogP contribution < -0.4 is 16.0 Å². The van der Waals surface area contributed by atoms with Crippen molar-refractivity contribution in [3.63, 3.8) is 0 Å². The van der Waals surface area contributed by atoms with E-state index in [0.29, 0.717) is 6.54 Å². The third-order valence-electron chi connectivity index (χ3n) is 3.74. The molecule has 0 fully saturated rings. The van der Waals surface area contributed by atoms with Crippen LogP contribution in [0.15, 0.2) is 18.2 Å². The van der Waals surface area contributed by atoms with Crippen molar-refractivity contribution >= 4 is 29.7 Å². The summed E-state index contributed by atoms with van der Waals surface area (Å²) in [7, 11) is 0. The quantitative estimate of drug-likeness (QED) is 0.839. The second-order valence-corrected chi connectivity index (χ2v) is 5.25. The Morgan fingerprint density at radius 2 is 2.25 bits per heavy atom. The Labute approximate surface area is 127 Å². The molecule has 0 saturated carbocycles. The Kier molecular flexibility index (Phi) is 6.14. The molecule has 1 aromatic rings. The predicted octanol–water partition coefficient (Wildman–Crippen LogP) is 2.36. The van der Waals surface area contributed by atoms with E-state index in [1.165, 1.54) is 5.56 Å². The van der Waals surface area contributed by atoms with Crippen LogP contribution in [-0.4, -0.2) is 25.0 Å². The third kappa shape index (κ3) is 3.79. The smallest absolute Gasteiger partial charge is 0.239 e. The van der Waals surface area contributed by atoms with E-state index in [9.17, 15) is 4.79 Å². The first-order valence-corrected chi connectivity index (χ1v) is 7.03. The summed E-state index contributed by atoms with van der Waals surface area (Å²) in [6, 6.07) is 6.18. The van der Waals surface area contributed by atoms with Crippen molar-refractivity contribution in [2.24, 2.45) is 0 Å². The highest BCUT2D eigenvalue weighted by Crippen LogP contribution is 2.30. The summed E-state index contributed by atoms with van der Waals surface area (Å²) in [5.74, 6) is 0.0876. The lowest BCUT2D eigenvalue weighted by Gasteiger charge is -2.31. The number of nitrogens with one attached hydrogen (secondary N) is 1. The van der Waals surface area contributed by atoms with Crippen LogP contribution >= 0.6 is 12.4 Å². The lowest BCUT2D eigenvalue weighted by Crippen LogP contribution is -2.42. The predicted molar refractivity (Wildman–Crippen MR) is 86.5 cm³/mol. The molecular weight excluding hydrogens is 274 g/mol. The Morgan fingerprint density at radius 3 is 2.95 bits per heavy atom. The Morgan fingerprint density at radius 1 is 1.50 bits per heavy atom. The van der Waals surface area contributed by atoms with E-state index in [1.807, 2.05) is 19.1 Å². The van der Waals surface area contributed by atoms with E-state index in [2.05, 4.69) is 23.2 Å². The van der Waals surface area contributed by atoms with Crippen LogP contribution in [0.3, 0.4) is 0 Å². The molecule has 0 spiro atoms. The molecule has 1 aliphatic heterocycles. The van der Waals surface area contributed by atoms with E-state index in [0.717, 1.165) is 37.2 Å². The molecule has 1 aliphatic rings.